The van der Waals surface area contributed by atoms with Crippen LogP contribution >= 0.6 is 0 Å². The molecule has 2 aliphatic rings. The molecule has 0 aromatic rings. The molecule has 0 radical (unpaired) electrons. The Hall–Kier alpha value is -1.26. The Morgan fingerprint density at radius 3 is 1.95 bits per heavy atom. The zero-order chi connectivity index (χ0) is 14.4. The Labute approximate surface area is 121 Å². The van der Waals surface area contributed by atoms with Crippen molar-refractivity contribution in [2.45, 2.75) is 76.3 Å². The van der Waals surface area contributed by atoms with Crippen LogP contribution in [0.4, 0.5) is 4.79 Å². The van der Waals surface area contributed by atoms with E-state index in [2.05, 4.69) is 10.2 Å². The number of amides is 3. The lowest BCUT2D eigenvalue weighted by molar-refractivity contribution is -0.136. The van der Waals surface area contributed by atoms with Crippen molar-refractivity contribution in [1.82, 2.24) is 10.2 Å². The zero-order valence-corrected chi connectivity index (χ0v) is 12.3. The summed E-state index contributed by atoms with van der Waals surface area (Å²) in [7, 11) is 0. The Bertz CT molecular complexity index is 334. The molecule has 2 aliphatic carbocycles. The van der Waals surface area contributed by atoms with Gasteiger partial charge in [0.05, 0.1) is 0 Å². The molecule has 5 nitrogen and oxygen atoms in total. The maximum absolute atomic E-state index is 12.5. The summed E-state index contributed by atoms with van der Waals surface area (Å²) in [6.07, 6.45) is 11.2. The molecule has 0 heterocycles. The molecule has 2 rings (SSSR count). The van der Waals surface area contributed by atoms with E-state index in [0.29, 0.717) is 25.0 Å². The molecular formula is C15H27N3O2. The lowest BCUT2D eigenvalue weighted by Crippen LogP contribution is -2.48. The molecule has 0 aromatic carbocycles. The predicted octanol–water partition coefficient (Wildman–Crippen LogP) is 2.15. The molecule has 0 unspecified atom stereocenters. The van der Waals surface area contributed by atoms with Gasteiger partial charge in [0.15, 0.2) is 0 Å². The highest BCUT2D eigenvalue weighted by atomic mass is 16.2. The number of urea groups is 1. The average molecular weight is 281 g/mol. The lowest BCUT2D eigenvalue weighted by Gasteiger charge is -2.39. The summed E-state index contributed by atoms with van der Waals surface area (Å²) in [6, 6.07) is 0.301. The number of nitrogens with two attached hydrogens (primary N) is 1. The van der Waals surface area contributed by atoms with Crippen molar-refractivity contribution < 1.29 is 9.59 Å². The van der Waals surface area contributed by atoms with Gasteiger partial charge in [0, 0.05) is 25.0 Å². The molecule has 0 aliphatic heterocycles. The first kappa shape index (κ1) is 15.1. The van der Waals surface area contributed by atoms with Crippen LogP contribution in [0.1, 0.15) is 64.2 Å². The second-order valence-corrected chi connectivity index (χ2v) is 6.07. The normalized spacial score (nSPS) is 20.8. The fraction of sp³-hybridized carbons (Fsp3) is 0.867. The summed E-state index contributed by atoms with van der Waals surface area (Å²) < 4.78 is 0. The minimum Gasteiger partial charge on any atom is -0.352 e. The maximum Gasteiger partial charge on any atom is 0.312 e. The van der Waals surface area contributed by atoms with Gasteiger partial charge < -0.3 is 16.0 Å². The van der Waals surface area contributed by atoms with Crippen LogP contribution < -0.4 is 11.1 Å². The largest absolute Gasteiger partial charge is 0.352 e. The van der Waals surface area contributed by atoms with Crippen LogP contribution in [0.25, 0.3) is 0 Å². The van der Waals surface area contributed by atoms with Gasteiger partial charge in [-0.05, 0) is 25.7 Å². The Balaban J connectivity index is 1.93. The monoisotopic (exact) mass is 281 g/mol. The smallest absolute Gasteiger partial charge is 0.312 e. The van der Waals surface area contributed by atoms with Gasteiger partial charge in [-0.1, -0.05) is 32.1 Å². The summed E-state index contributed by atoms with van der Waals surface area (Å²) in [6.45, 7) is 0.351. The Morgan fingerprint density at radius 2 is 1.45 bits per heavy atom. The van der Waals surface area contributed by atoms with Gasteiger partial charge in [0.1, 0.15) is 0 Å². The SMILES string of the molecule is NC(=O)NCCC(=O)N(C1CCCCC1)C1CCCC1. The molecule has 3 N–H and O–H groups in total. The number of carbonyl (C=O) groups is 2. The summed E-state index contributed by atoms with van der Waals surface area (Å²) in [5.74, 6) is 0.192. The predicted molar refractivity (Wildman–Crippen MR) is 78.2 cm³/mol. The minimum atomic E-state index is -0.553. The van der Waals surface area contributed by atoms with E-state index in [0.717, 1.165) is 25.7 Å². The van der Waals surface area contributed by atoms with E-state index >= 15 is 0 Å². The highest BCUT2D eigenvalue weighted by Gasteiger charge is 2.32. The fourth-order valence-corrected chi connectivity index (χ4v) is 3.67. The molecule has 2 saturated carbocycles. The lowest BCUT2D eigenvalue weighted by atomic mass is 9.92. The molecule has 0 spiro atoms. The molecule has 5 heteroatoms. The van der Waals surface area contributed by atoms with E-state index in [9.17, 15) is 9.59 Å². The van der Waals surface area contributed by atoms with E-state index in [4.69, 9.17) is 5.73 Å². The third kappa shape index (κ3) is 4.12. The standard InChI is InChI=1S/C15H27N3O2/c16-15(20)17-11-10-14(19)18(13-8-4-5-9-13)12-6-2-1-3-7-12/h12-13H,1-11H2,(H3,16,17,20). The number of hydrogen-bond acceptors (Lipinski definition) is 2. The Morgan fingerprint density at radius 1 is 0.950 bits per heavy atom. The van der Waals surface area contributed by atoms with Gasteiger partial charge in [-0.3, -0.25) is 4.79 Å². The Kier molecular flexibility index (Phi) is 5.68. The number of rotatable bonds is 5. The molecule has 0 atom stereocenters. The van der Waals surface area contributed by atoms with Crippen LogP contribution in [-0.2, 0) is 4.79 Å². The van der Waals surface area contributed by atoms with Crippen molar-refractivity contribution in [3.8, 4) is 0 Å². The van der Waals surface area contributed by atoms with Crippen molar-refractivity contribution in [3.63, 3.8) is 0 Å². The fourth-order valence-electron chi connectivity index (χ4n) is 3.67. The number of nitrogens with zero attached hydrogens (tertiary/aromatic N) is 1. The highest BCUT2D eigenvalue weighted by Crippen LogP contribution is 2.31. The van der Waals surface area contributed by atoms with Crippen molar-refractivity contribution in [3.05, 3.63) is 0 Å². The van der Waals surface area contributed by atoms with Gasteiger partial charge in [0.2, 0.25) is 5.91 Å². The number of primary amides is 1. The molecule has 2 fully saturated rings. The molecule has 0 aromatic heterocycles. The summed E-state index contributed by atoms with van der Waals surface area (Å²) in [5.41, 5.74) is 5.04. The molecule has 114 valence electrons. The van der Waals surface area contributed by atoms with E-state index < -0.39 is 6.03 Å². The van der Waals surface area contributed by atoms with Crippen molar-refractivity contribution in [2.24, 2.45) is 5.73 Å². The second-order valence-electron chi connectivity index (χ2n) is 6.07. The number of nitrogens with one attached hydrogen (secondary N) is 1. The van der Waals surface area contributed by atoms with Crippen LogP contribution in [0.15, 0.2) is 0 Å². The summed E-state index contributed by atoms with van der Waals surface area (Å²) in [5, 5.41) is 2.52. The first-order valence-electron chi connectivity index (χ1n) is 8.03. The maximum atomic E-state index is 12.5. The average Bonchev–Trinajstić information content (AvgIpc) is 2.93. The third-order valence-corrected chi connectivity index (χ3v) is 4.61. The molecule has 20 heavy (non-hydrogen) atoms. The quantitative estimate of drug-likeness (QED) is 0.810. The van der Waals surface area contributed by atoms with Gasteiger partial charge in [-0.2, -0.15) is 0 Å². The summed E-state index contributed by atoms with van der Waals surface area (Å²) in [4.78, 5) is 25.4. The van der Waals surface area contributed by atoms with Gasteiger partial charge in [0.25, 0.3) is 0 Å². The van der Waals surface area contributed by atoms with Crippen LogP contribution in [-0.4, -0.2) is 35.5 Å². The van der Waals surface area contributed by atoms with E-state index in [1.54, 1.807) is 0 Å². The van der Waals surface area contributed by atoms with Crippen molar-refractivity contribution in [2.75, 3.05) is 6.54 Å². The third-order valence-electron chi connectivity index (χ3n) is 4.61. The van der Waals surface area contributed by atoms with Crippen molar-refractivity contribution >= 4 is 11.9 Å². The van der Waals surface area contributed by atoms with E-state index in [1.165, 1.54) is 32.1 Å². The van der Waals surface area contributed by atoms with E-state index in [1.807, 2.05) is 0 Å². The molecule has 0 saturated heterocycles. The first-order valence-corrected chi connectivity index (χ1v) is 8.03. The van der Waals surface area contributed by atoms with Gasteiger partial charge in [-0.15, -0.1) is 0 Å². The van der Waals surface area contributed by atoms with Crippen LogP contribution in [0.5, 0.6) is 0 Å². The second kappa shape index (κ2) is 7.50. The van der Waals surface area contributed by atoms with E-state index in [-0.39, 0.29) is 5.91 Å². The molecule has 3 amide bonds. The molecule has 0 bridgehead atoms. The summed E-state index contributed by atoms with van der Waals surface area (Å²) >= 11 is 0. The minimum absolute atomic E-state index is 0.192. The van der Waals surface area contributed by atoms with Crippen LogP contribution in [0.3, 0.4) is 0 Å². The van der Waals surface area contributed by atoms with Gasteiger partial charge >= 0.3 is 6.03 Å². The number of hydrogen-bond donors (Lipinski definition) is 2. The highest BCUT2D eigenvalue weighted by molar-refractivity contribution is 5.78. The van der Waals surface area contributed by atoms with Gasteiger partial charge in [-0.25, -0.2) is 4.79 Å². The molecular weight excluding hydrogens is 254 g/mol. The number of carbonyl (C=O) groups excluding carboxylic acids is 2. The topological polar surface area (TPSA) is 75.4 Å². The van der Waals surface area contributed by atoms with Crippen LogP contribution in [0.2, 0.25) is 0 Å². The van der Waals surface area contributed by atoms with Crippen molar-refractivity contribution in [1.29, 1.82) is 0 Å². The zero-order valence-electron chi connectivity index (χ0n) is 12.3. The van der Waals surface area contributed by atoms with Crippen LogP contribution in [0, 0.1) is 0 Å². The first-order chi connectivity index (χ1) is 9.68.